The lowest BCUT2D eigenvalue weighted by Crippen LogP contribution is -2.24. The highest BCUT2D eigenvalue weighted by Crippen LogP contribution is 2.29. The van der Waals surface area contributed by atoms with Crippen LogP contribution in [0.5, 0.6) is 0 Å². The van der Waals surface area contributed by atoms with Crippen LogP contribution in [0.4, 0.5) is 22.4 Å². The third kappa shape index (κ3) is 4.63. The van der Waals surface area contributed by atoms with E-state index in [9.17, 15) is 22.4 Å². The summed E-state index contributed by atoms with van der Waals surface area (Å²) in [4.78, 5) is 18.2. The molecule has 0 saturated carbocycles. The molecule has 0 saturated heterocycles. The zero-order chi connectivity index (χ0) is 16.9. The molecule has 2 aromatic heterocycles. The molecule has 2 heterocycles. The van der Waals surface area contributed by atoms with Crippen molar-refractivity contribution in [2.75, 3.05) is 13.3 Å². The van der Waals surface area contributed by atoms with Crippen molar-refractivity contribution in [3.63, 3.8) is 0 Å². The van der Waals surface area contributed by atoms with Gasteiger partial charge in [0.25, 0.3) is 0 Å². The van der Waals surface area contributed by atoms with Crippen LogP contribution in [0.15, 0.2) is 22.9 Å². The van der Waals surface area contributed by atoms with Crippen LogP contribution < -0.4 is 5.32 Å². The fourth-order valence-electron chi connectivity index (χ4n) is 1.46. The van der Waals surface area contributed by atoms with Crippen LogP contribution in [0.3, 0.4) is 0 Å². The quantitative estimate of drug-likeness (QED) is 0.844. The lowest BCUT2D eigenvalue weighted by Gasteiger charge is -2.05. The molecule has 0 aliphatic rings. The minimum Gasteiger partial charge on any atom is -0.447 e. The Kier molecular flexibility index (Phi) is 5.09. The summed E-state index contributed by atoms with van der Waals surface area (Å²) >= 11 is 0. The molecule has 1 amide bonds. The van der Waals surface area contributed by atoms with Gasteiger partial charge in [0.1, 0.15) is 13.3 Å². The monoisotopic (exact) mass is 334 g/mol. The number of rotatable bonds is 5. The molecular formula is C12H10F4N4O3. The number of amides is 1. The van der Waals surface area contributed by atoms with Gasteiger partial charge >= 0.3 is 18.2 Å². The van der Waals surface area contributed by atoms with Gasteiger partial charge in [-0.25, -0.2) is 9.18 Å². The summed E-state index contributed by atoms with van der Waals surface area (Å²) in [5, 5.41) is 5.55. The van der Waals surface area contributed by atoms with Crippen LogP contribution in [0.1, 0.15) is 11.6 Å². The fourth-order valence-corrected chi connectivity index (χ4v) is 1.46. The maximum Gasteiger partial charge on any atom is 0.471 e. The summed E-state index contributed by atoms with van der Waals surface area (Å²) in [7, 11) is 0. The second-order valence-corrected chi connectivity index (χ2v) is 4.14. The molecule has 0 atom stereocenters. The summed E-state index contributed by atoms with van der Waals surface area (Å²) in [6, 6.07) is 2.87. The van der Waals surface area contributed by atoms with Gasteiger partial charge in [0.05, 0.1) is 12.2 Å². The predicted molar refractivity (Wildman–Crippen MR) is 66.7 cm³/mol. The van der Waals surface area contributed by atoms with Crippen LogP contribution in [0.25, 0.3) is 11.4 Å². The third-order valence-electron chi connectivity index (χ3n) is 2.48. The number of hydrogen-bond donors (Lipinski definition) is 1. The summed E-state index contributed by atoms with van der Waals surface area (Å²) in [5.41, 5.74) is 0.624. The van der Waals surface area contributed by atoms with Crippen molar-refractivity contribution in [3.8, 4) is 11.4 Å². The normalized spacial score (nSPS) is 11.3. The zero-order valence-corrected chi connectivity index (χ0v) is 11.4. The number of nitrogens with zero attached hydrogens (tertiary/aromatic N) is 3. The van der Waals surface area contributed by atoms with Crippen molar-refractivity contribution >= 4 is 6.09 Å². The first kappa shape index (κ1) is 16.6. The number of alkyl carbamates (subject to hydrolysis) is 1. The largest absolute Gasteiger partial charge is 0.471 e. The molecule has 124 valence electrons. The molecule has 0 bridgehead atoms. The van der Waals surface area contributed by atoms with Crippen molar-refractivity contribution in [2.24, 2.45) is 0 Å². The number of pyridine rings is 1. The first-order chi connectivity index (χ1) is 10.9. The van der Waals surface area contributed by atoms with Crippen molar-refractivity contribution in [3.05, 3.63) is 29.9 Å². The van der Waals surface area contributed by atoms with Crippen LogP contribution in [0.2, 0.25) is 0 Å². The molecule has 0 aromatic carbocycles. The lowest BCUT2D eigenvalue weighted by atomic mass is 10.2. The van der Waals surface area contributed by atoms with Gasteiger partial charge in [-0.2, -0.15) is 18.2 Å². The average molecular weight is 334 g/mol. The highest BCUT2D eigenvalue weighted by atomic mass is 19.4. The highest BCUT2D eigenvalue weighted by molar-refractivity contribution is 5.67. The van der Waals surface area contributed by atoms with E-state index in [0.717, 1.165) is 0 Å². The molecule has 2 aromatic rings. The molecule has 0 radical (unpaired) electrons. The first-order valence-electron chi connectivity index (χ1n) is 6.23. The molecule has 2 rings (SSSR count). The maximum atomic E-state index is 12.4. The summed E-state index contributed by atoms with van der Waals surface area (Å²) in [5.74, 6) is -1.71. The van der Waals surface area contributed by atoms with Gasteiger partial charge in [-0.05, 0) is 12.1 Å². The average Bonchev–Trinajstić information content (AvgIpc) is 3.01. The van der Waals surface area contributed by atoms with Gasteiger partial charge in [-0.1, -0.05) is 5.16 Å². The minimum absolute atomic E-state index is 0.00540. The Morgan fingerprint density at radius 2 is 2.13 bits per heavy atom. The molecule has 0 spiro atoms. The molecule has 0 fully saturated rings. The molecule has 11 heteroatoms. The van der Waals surface area contributed by atoms with Crippen LogP contribution >= 0.6 is 0 Å². The van der Waals surface area contributed by atoms with Crippen molar-refractivity contribution < 1.29 is 31.6 Å². The summed E-state index contributed by atoms with van der Waals surface area (Å²) in [6.45, 7) is -1.13. The van der Waals surface area contributed by atoms with Crippen molar-refractivity contribution in [1.29, 1.82) is 0 Å². The van der Waals surface area contributed by atoms with Gasteiger partial charge in [-0.15, -0.1) is 0 Å². The summed E-state index contributed by atoms with van der Waals surface area (Å²) < 4.78 is 57.4. The lowest BCUT2D eigenvalue weighted by molar-refractivity contribution is -0.159. The second-order valence-electron chi connectivity index (χ2n) is 4.14. The van der Waals surface area contributed by atoms with Crippen molar-refractivity contribution in [2.45, 2.75) is 12.7 Å². The predicted octanol–water partition coefficient (Wildman–Crippen LogP) is 2.35. The number of nitrogens with one attached hydrogen (secondary N) is 1. The molecule has 0 unspecified atom stereocenters. The number of carbonyl (C=O) groups is 1. The highest BCUT2D eigenvalue weighted by Gasteiger charge is 2.38. The topological polar surface area (TPSA) is 90.1 Å². The van der Waals surface area contributed by atoms with Gasteiger partial charge < -0.3 is 14.6 Å². The van der Waals surface area contributed by atoms with Crippen LogP contribution in [-0.2, 0) is 17.5 Å². The molecule has 7 nitrogen and oxygen atoms in total. The Morgan fingerprint density at radius 3 is 2.70 bits per heavy atom. The number of carbonyl (C=O) groups excluding carboxylic acids is 1. The van der Waals surface area contributed by atoms with Crippen LogP contribution in [-0.4, -0.2) is 34.5 Å². The molecular weight excluding hydrogens is 324 g/mol. The van der Waals surface area contributed by atoms with E-state index in [0.29, 0.717) is 5.69 Å². The van der Waals surface area contributed by atoms with Gasteiger partial charge in [0.15, 0.2) is 0 Å². The van der Waals surface area contributed by atoms with E-state index in [1.54, 1.807) is 0 Å². The molecule has 0 aliphatic carbocycles. The van der Waals surface area contributed by atoms with E-state index in [-0.39, 0.29) is 24.5 Å². The van der Waals surface area contributed by atoms with E-state index in [4.69, 9.17) is 0 Å². The van der Waals surface area contributed by atoms with Gasteiger partial charge in [0.2, 0.25) is 5.82 Å². The zero-order valence-electron chi connectivity index (χ0n) is 11.4. The number of ether oxygens (including phenoxy) is 1. The van der Waals surface area contributed by atoms with E-state index in [1.165, 1.54) is 18.3 Å². The Balaban J connectivity index is 1.97. The van der Waals surface area contributed by atoms with E-state index in [2.05, 4.69) is 29.7 Å². The molecule has 1 N–H and O–H groups in total. The Bertz CT molecular complexity index is 657. The number of aromatic nitrogens is 3. The van der Waals surface area contributed by atoms with E-state index >= 15 is 0 Å². The molecule has 23 heavy (non-hydrogen) atoms. The van der Waals surface area contributed by atoms with E-state index in [1.807, 2.05) is 0 Å². The summed E-state index contributed by atoms with van der Waals surface area (Å²) in [6.07, 6.45) is -4.29. The number of halogens is 4. The Morgan fingerprint density at radius 1 is 1.35 bits per heavy atom. The first-order valence-corrected chi connectivity index (χ1v) is 6.23. The van der Waals surface area contributed by atoms with Gasteiger partial charge in [-0.3, -0.25) is 4.98 Å². The standard InChI is InChI=1S/C12H10F4N4O3/c13-3-4-22-11(21)18-6-8-2-1-7(5-17-8)9-19-10(23-20-9)12(14,15)16/h1-2,5H,3-4,6H2,(H,18,21). The van der Waals surface area contributed by atoms with Crippen LogP contribution in [0, 0.1) is 0 Å². The number of alkyl halides is 4. The van der Waals surface area contributed by atoms with Gasteiger partial charge in [0, 0.05) is 11.8 Å². The van der Waals surface area contributed by atoms with E-state index < -0.39 is 24.8 Å². The number of hydrogen-bond acceptors (Lipinski definition) is 6. The smallest absolute Gasteiger partial charge is 0.447 e. The minimum atomic E-state index is -4.72. The Hall–Kier alpha value is -2.72. The third-order valence-corrected chi connectivity index (χ3v) is 2.48. The van der Waals surface area contributed by atoms with Crippen molar-refractivity contribution in [1.82, 2.24) is 20.4 Å². The Labute approximate surface area is 126 Å². The second kappa shape index (κ2) is 7.03. The fraction of sp³-hybridized carbons (Fsp3) is 0.333. The SMILES string of the molecule is O=C(NCc1ccc(-c2noc(C(F)(F)F)n2)cn1)OCCF. The molecule has 0 aliphatic heterocycles. The maximum absolute atomic E-state index is 12.4.